The van der Waals surface area contributed by atoms with E-state index in [1.165, 1.54) is 6.92 Å². The molecule has 0 atom stereocenters. The lowest BCUT2D eigenvalue weighted by Crippen LogP contribution is -2.39. The smallest absolute Gasteiger partial charge is 0.343 e. The minimum absolute atomic E-state index is 0.0940. The summed E-state index contributed by atoms with van der Waals surface area (Å²) in [6, 6.07) is 0.224. The first-order chi connectivity index (χ1) is 12.3. The van der Waals surface area contributed by atoms with Crippen LogP contribution in [0, 0.1) is 23.3 Å². The summed E-state index contributed by atoms with van der Waals surface area (Å²) in [5, 5.41) is 19.6. The van der Waals surface area contributed by atoms with E-state index in [4.69, 9.17) is 4.74 Å². The van der Waals surface area contributed by atoms with Crippen LogP contribution in [0.5, 0.6) is 0 Å². The van der Waals surface area contributed by atoms with E-state index in [1.54, 1.807) is 0 Å². The number of hydrogen-bond donors (Lipinski definition) is 2. The number of aliphatic imine (C=N–C) groups is 1. The largest absolute Gasteiger partial charge is 0.506 e. The third kappa shape index (κ3) is 3.72. The van der Waals surface area contributed by atoms with E-state index in [0.717, 1.165) is 12.6 Å². The quantitative estimate of drug-likeness (QED) is 0.152. The Kier molecular flexibility index (Phi) is 6.01. The zero-order valence-electron chi connectivity index (χ0n) is 13.9. The van der Waals surface area contributed by atoms with Crippen molar-refractivity contribution in [3.8, 4) is 0 Å². The molecule has 0 unspecified atom stereocenters. The third-order valence-electron chi connectivity index (χ3n) is 4.15. The van der Waals surface area contributed by atoms with Gasteiger partial charge in [0.05, 0.1) is 24.3 Å². The number of aliphatic hydroxyl groups is 2. The lowest BCUT2D eigenvalue weighted by atomic mass is 9.78. The minimum atomic E-state index is -2.13. The molecule has 1 aromatic carbocycles. The highest BCUT2D eigenvalue weighted by Gasteiger charge is 2.36. The molecule has 142 valence electrons. The first-order valence-corrected chi connectivity index (χ1v) is 7.86. The number of carbonyl (C=O) groups is 1. The molecule has 1 aromatic rings. The Morgan fingerprint density at radius 2 is 1.92 bits per heavy atom. The van der Waals surface area contributed by atoms with Crippen LogP contribution in [0.25, 0.3) is 5.76 Å². The van der Waals surface area contributed by atoms with Gasteiger partial charge in [0.2, 0.25) is 0 Å². The molecule has 0 saturated heterocycles. The van der Waals surface area contributed by atoms with E-state index in [2.05, 4.69) is 4.99 Å². The van der Waals surface area contributed by atoms with Crippen LogP contribution in [0.1, 0.15) is 31.7 Å². The van der Waals surface area contributed by atoms with E-state index in [-0.39, 0.29) is 19.3 Å². The number of hydrogen-bond acceptors (Lipinski definition) is 5. The molecule has 0 heterocycles. The van der Waals surface area contributed by atoms with E-state index >= 15 is 0 Å². The second kappa shape index (κ2) is 7.86. The van der Waals surface area contributed by atoms with Gasteiger partial charge in [-0.15, -0.1) is 0 Å². The molecule has 0 bridgehead atoms. The number of esters is 1. The van der Waals surface area contributed by atoms with Gasteiger partial charge in [-0.2, -0.15) is 0 Å². The first-order valence-electron chi connectivity index (χ1n) is 7.86. The van der Waals surface area contributed by atoms with Crippen molar-refractivity contribution in [2.24, 2.45) is 4.99 Å². The molecule has 1 aliphatic rings. The van der Waals surface area contributed by atoms with Crippen molar-refractivity contribution in [2.45, 2.75) is 31.7 Å². The van der Waals surface area contributed by atoms with Gasteiger partial charge in [0, 0.05) is 6.21 Å². The van der Waals surface area contributed by atoms with Crippen molar-refractivity contribution < 1.29 is 37.3 Å². The molecule has 2 N–H and O–H groups in total. The Balaban J connectivity index is 2.56. The topological polar surface area (TPSA) is 79.1 Å². The molecule has 0 aromatic heterocycles. The van der Waals surface area contributed by atoms with Gasteiger partial charge in [-0.05, 0) is 32.3 Å². The minimum Gasteiger partial charge on any atom is -0.506 e. The van der Waals surface area contributed by atoms with Gasteiger partial charge in [-0.25, -0.2) is 22.4 Å². The summed E-state index contributed by atoms with van der Waals surface area (Å²) >= 11 is 0. The molecule has 5 nitrogen and oxygen atoms in total. The van der Waals surface area contributed by atoms with Gasteiger partial charge in [0.25, 0.3) is 0 Å². The summed E-state index contributed by atoms with van der Waals surface area (Å²) in [5.41, 5.74) is -2.56. The highest BCUT2D eigenvalue weighted by atomic mass is 19.2. The Hall–Kier alpha value is -2.42. The monoisotopic (exact) mass is 375 g/mol. The van der Waals surface area contributed by atoms with Gasteiger partial charge >= 0.3 is 5.97 Å². The summed E-state index contributed by atoms with van der Waals surface area (Å²) in [7, 11) is 0. The highest BCUT2D eigenvalue weighted by molar-refractivity contribution is 6.15. The molecule has 1 saturated carbocycles. The lowest BCUT2D eigenvalue weighted by Gasteiger charge is -2.36. The summed E-state index contributed by atoms with van der Waals surface area (Å²) in [6.45, 7) is 1.07. The molecule has 0 radical (unpaired) electrons. The maximum atomic E-state index is 13.9. The normalized spacial score (nSPS) is 17.0. The SMILES string of the molecule is CCOC(=O)/C(C=NC1(CO)CCC1)=C(\O)c1cc(F)c(F)c(F)c1F. The number of carbonyl (C=O) groups excluding carboxylic acids is 1. The number of ether oxygens (including phenoxy) is 1. The highest BCUT2D eigenvalue weighted by Crippen LogP contribution is 2.35. The summed E-state index contributed by atoms with van der Waals surface area (Å²) in [6.07, 6.45) is 2.72. The summed E-state index contributed by atoms with van der Waals surface area (Å²) < 4.78 is 58.5. The van der Waals surface area contributed by atoms with Gasteiger partial charge in [-0.1, -0.05) is 0 Å². The maximum absolute atomic E-state index is 13.9. The molecular formula is C17H17F4NO4. The van der Waals surface area contributed by atoms with Crippen molar-refractivity contribution in [3.05, 3.63) is 40.5 Å². The molecule has 0 amide bonds. The molecule has 2 rings (SSSR count). The van der Waals surface area contributed by atoms with E-state index < -0.39 is 51.7 Å². The molecule has 26 heavy (non-hydrogen) atoms. The lowest BCUT2D eigenvalue weighted by molar-refractivity contribution is -0.137. The third-order valence-corrected chi connectivity index (χ3v) is 4.15. The molecule has 0 aliphatic heterocycles. The Morgan fingerprint density at radius 1 is 1.27 bits per heavy atom. The fourth-order valence-electron chi connectivity index (χ4n) is 2.42. The fraction of sp³-hybridized carbons (Fsp3) is 0.412. The van der Waals surface area contributed by atoms with Crippen LogP contribution in [-0.4, -0.2) is 41.1 Å². The molecule has 1 fully saturated rings. The number of halogens is 4. The van der Waals surface area contributed by atoms with E-state index in [0.29, 0.717) is 12.8 Å². The fourth-order valence-corrected chi connectivity index (χ4v) is 2.42. The molecular weight excluding hydrogens is 358 g/mol. The van der Waals surface area contributed by atoms with Crippen LogP contribution < -0.4 is 0 Å². The number of benzene rings is 1. The van der Waals surface area contributed by atoms with Crippen molar-refractivity contribution in [3.63, 3.8) is 0 Å². The number of aliphatic hydroxyl groups excluding tert-OH is 2. The standard InChI is InChI=1S/C17H17F4NO4/c1-2-26-16(25)10(7-22-17(8-23)4-3-5-17)15(24)9-6-11(18)13(20)14(21)12(9)19/h6-7,23-24H,2-5,8H2,1H3/b15-10-,22-7?. The van der Waals surface area contributed by atoms with Crippen LogP contribution in [0.2, 0.25) is 0 Å². The van der Waals surface area contributed by atoms with Gasteiger partial charge in [0.15, 0.2) is 23.3 Å². The predicted octanol–water partition coefficient (Wildman–Crippen LogP) is 3.06. The number of nitrogens with zero attached hydrogens (tertiary/aromatic N) is 1. The molecule has 9 heteroatoms. The predicted molar refractivity (Wildman–Crippen MR) is 84.6 cm³/mol. The Bertz CT molecular complexity index is 767. The van der Waals surface area contributed by atoms with Crippen molar-refractivity contribution in [1.82, 2.24) is 0 Å². The van der Waals surface area contributed by atoms with Crippen LogP contribution >= 0.6 is 0 Å². The second-order valence-electron chi connectivity index (χ2n) is 5.82. The Morgan fingerprint density at radius 3 is 2.42 bits per heavy atom. The second-order valence-corrected chi connectivity index (χ2v) is 5.82. The van der Waals surface area contributed by atoms with Crippen LogP contribution in [0.3, 0.4) is 0 Å². The van der Waals surface area contributed by atoms with Gasteiger partial charge in [0.1, 0.15) is 11.3 Å². The number of rotatable bonds is 6. The molecule has 0 spiro atoms. The first kappa shape index (κ1) is 19.9. The van der Waals surface area contributed by atoms with E-state index in [1.807, 2.05) is 0 Å². The van der Waals surface area contributed by atoms with Crippen molar-refractivity contribution in [2.75, 3.05) is 13.2 Å². The average molecular weight is 375 g/mol. The van der Waals surface area contributed by atoms with Gasteiger partial charge in [-0.3, -0.25) is 4.99 Å². The van der Waals surface area contributed by atoms with Gasteiger partial charge < -0.3 is 14.9 Å². The maximum Gasteiger partial charge on any atom is 0.343 e. The van der Waals surface area contributed by atoms with E-state index in [9.17, 15) is 32.6 Å². The average Bonchev–Trinajstić information content (AvgIpc) is 2.58. The zero-order valence-corrected chi connectivity index (χ0v) is 13.9. The van der Waals surface area contributed by atoms with Crippen molar-refractivity contribution >= 4 is 17.9 Å². The van der Waals surface area contributed by atoms with Crippen molar-refractivity contribution in [1.29, 1.82) is 0 Å². The molecule has 1 aliphatic carbocycles. The Labute approximate surface area is 146 Å². The van der Waals surface area contributed by atoms with Crippen LogP contribution in [-0.2, 0) is 9.53 Å². The zero-order chi connectivity index (χ0) is 19.5. The van der Waals surface area contributed by atoms with Crippen LogP contribution in [0.4, 0.5) is 17.6 Å². The summed E-state index contributed by atoms with van der Waals surface area (Å²) in [5.74, 6) is -10.1. The van der Waals surface area contributed by atoms with Crippen LogP contribution in [0.15, 0.2) is 16.6 Å². The summed E-state index contributed by atoms with van der Waals surface area (Å²) in [4.78, 5) is 16.1.